The first kappa shape index (κ1) is 15.0. The molecule has 0 bridgehead atoms. The fraction of sp³-hybridized carbons (Fsp3) is 0.400. The largest absolute Gasteiger partial charge is 0.465 e. The second kappa shape index (κ2) is 6.39. The minimum absolute atomic E-state index is 0.185. The van der Waals surface area contributed by atoms with Gasteiger partial charge in [0.2, 0.25) is 5.91 Å². The van der Waals surface area contributed by atoms with Crippen molar-refractivity contribution in [1.29, 1.82) is 0 Å². The molecule has 0 aliphatic heterocycles. The molecule has 1 aliphatic rings. The lowest BCUT2D eigenvalue weighted by molar-refractivity contribution is -0.143. The molecule has 0 heterocycles. The molecule has 0 unspecified atom stereocenters. The molecule has 0 spiro atoms. The molecule has 2 N–H and O–H groups in total. The molecular formula is C15H18N2O4. The van der Waals surface area contributed by atoms with E-state index < -0.39 is 11.5 Å². The van der Waals surface area contributed by atoms with Crippen LogP contribution < -0.4 is 10.6 Å². The van der Waals surface area contributed by atoms with Crippen molar-refractivity contribution in [1.82, 2.24) is 10.6 Å². The lowest BCUT2D eigenvalue weighted by Crippen LogP contribution is -2.50. The summed E-state index contributed by atoms with van der Waals surface area (Å²) in [7, 11) is 0. The zero-order chi connectivity index (χ0) is 15.3. The molecule has 0 radical (unpaired) electrons. The van der Waals surface area contributed by atoms with Crippen LogP contribution in [0.5, 0.6) is 0 Å². The molecule has 2 amide bonds. The molecular weight excluding hydrogens is 272 g/mol. The molecule has 6 nitrogen and oxygen atoms in total. The highest BCUT2D eigenvalue weighted by Crippen LogP contribution is 2.35. The van der Waals surface area contributed by atoms with Gasteiger partial charge in [-0.1, -0.05) is 18.2 Å². The van der Waals surface area contributed by atoms with Gasteiger partial charge in [-0.05, 0) is 31.9 Å². The van der Waals surface area contributed by atoms with Crippen LogP contribution in [-0.4, -0.2) is 36.5 Å². The molecule has 21 heavy (non-hydrogen) atoms. The van der Waals surface area contributed by atoms with Crippen LogP contribution in [0, 0.1) is 0 Å². The van der Waals surface area contributed by atoms with Crippen molar-refractivity contribution in [3.8, 4) is 0 Å². The van der Waals surface area contributed by atoms with Gasteiger partial charge in [-0.3, -0.25) is 14.4 Å². The summed E-state index contributed by atoms with van der Waals surface area (Å²) in [6.45, 7) is 1.78. The quantitative estimate of drug-likeness (QED) is 0.753. The summed E-state index contributed by atoms with van der Waals surface area (Å²) in [5.41, 5.74) is -0.388. The van der Waals surface area contributed by atoms with Crippen molar-refractivity contribution in [3.05, 3.63) is 35.9 Å². The van der Waals surface area contributed by atoms with Crippen molar-refractivity contribution in [3.63, 3.8) is 0 Å². The van der Waals surface area contributed by atoms with Crippen LogP contribution in [0.1, 0.15) is 30.1 Å². The van der Waals surface area contributed by atoms with E-state index in [2.05, 4.69) is 10.6 Å². The van der Waals surface area contributed by atoms with E-state index in [-0.39, 0.29) is 25.0 Å². The Morgan fingerprint density at radius 3 is 2.43 bits per heavy atom. The first-order valence-corrected chi connectivity index (χ1v) is 6.89. The van der Waals surface area contributed by atoms with Gasteiger partial charge in [0.05, 0.1) is 6.61 Å². The molecule has 1 aromatic carbocycles. The van der Waals surface area contributed by atoms with Crippen molar-refractivity contribution >= 4 is 17.8 Å². The number of carbonyl (C=O) groups excluding carboxylic acids is 3. The van der Waals surface area contributed by atoms with Crippen molar-refractivity contribution in [2.45, 2.75) is 25.3 Å². The van der Waals surface area contributed by atoms with Crippen LogP contribution >= 0.6 is 0 Å². The molecule has 1 aromatic rings. The number of carbonyl (C=O) groups is 3. The third kappa shape index (κ3) is 3.81. The van der Waals surface area contributed by atoms with Gasteiger partial charge in [0.1, 0.15) is 12.1 Å². The lowest BCUT2D eigenvalue weighted by atomic mass is 10.1. The lowest BCUT2D eigenvalue weighted by Gasteiger charge is -2.17. The minimum Gasteiger partial charge on any atom is -0.465 e. The smallest absolute Gasteiger partial charge is 0.325 e. The molecule has 0 atom stereocenters. The highest BCUT2D eigenvalue weighted by Gasteiger charge is 2.51. The number of amides is 2. The molecule has 1 saturated carbocycles. The third-order valence-electron chi connectivity index (χ3n) is 3.27. The zero-order valence-electron chi connectivity index (χ0n) is 11.8. The number of nitrogens with one attached hydrogen (secondary N) is 2. The fourth-order valence-electron chi connectivity index (χ4n) is 1.95. The van der Waals surface area contributed by atoms with Gasteiger partial charge in [0.25, 0.3) is 5.91 Å². The van der Waals surface area contributed by atoms with E-state index in [1.807, 2.05) is 6.07 Å². The Morgan fingerprint density at radius 2 is 1.86 bits per heavy atom. The second-order valence-electron chi connectivity index (χ2n) is 4.89. The average molecular weight is 290 g/mol. The van der Waals surface area contributed by atoms with E-state index in [4.69, 9.17) is 4.74 Å². The highest BCUT2D eigenvalue weighted by molar-refractivity contribution is 6.01. The van der Waals surface area contributed by atoms with E-state index in [0.29, 0.717) is 18.4 Å². The van der Waals surface area contributed by atoms with E-state index in [9.17, 15) is 14.4 Å². The van der Waals surface area contributed by atoms with Crippen molar-refractivity contribution in [2.75, 3.05) is 13.2 Å². The Labute approximate surface area is 122 Å². The normalized spacial score (nSPS) is 14.9. The van der Waals surface area contributed by atoms with Crippen LogP contribution in [0.15, 0.2) is 30.3 Å². The maximum Gasteiger partial charge on any atom is 0.325 e. The number of benzene rings is 1. The monoisotopic (exact) mass is 290 g/mol. The predicted molar refractivity (Wildman–Crippen MR) is 75.5 cm³/mol. The highest BCUT2D eigenvalue weighted by atomic mass is 16.5. The van der Waals surface area contributed by atoms with Crippen molar-refractivity contribution in [2.24, 2.45) is 0 Å². The summed E-state index contributed by atoms with van der Waals surface area (Å²) in [5.74, 6) is -1.13. The number of esters is 1. The maximum atomic E-state index is 12.1. The molecule has 0 aromatic heterocycles. The standard InChI is InChI=1S/C15H18N2O4/c1-2-21-12(18)10-16-14(20)15(8-9-15)17-13(19)11-6-4-3-5-7-11/h3-7H,2,8-10H2,1H3,(H,16,20)(H,17,19). The summed E-state index contributed by atoms with van der Waals surface area (Å²) in [6, 6.07) is 8.70. The average Bonchev–Trinajstić information content (AvgIpc) is 3.27. The topological polar surface area (TPSA) is 84.5 Å². The molecule has 1 aliphatic carbocycles. The Morgan fingerprint density at radius 1 is 1.19 bits per heavy atom. The van der Waals surface area contributed by atoms with Crippen LogP contribution in [-0.2, 0) is 14.3 Å². The molecule has 1 fully saturated rings. The van der Waals surface area contributed by atoms with Gasteiger partial charge in [-0.2, -0.15) is 0 Å². The third-order valence-corrected chi connectivity index (χ3v) is 3.27. The summed E-state index contributed by atoms with van der Waals surface area (Å²) in [4.78, 5) is 35.3. The van der Waals surface area contributed by atoms with Crippen LogP contribution in [0.25, 0.3) is 0 Å². The Kier molecular flexibility index (Phi) is 4.57. The van der Waals surface area contributed by atoms with Gasteiger partial charge < -0.3 is 15.4 Å². The van der Waals surface area contributed by atoms with E-state index in [0.717, 1.165) is 0 Å². The first-order valence-electron chi connectivity index (χ1n) is 6.89. The number of rotatable bonds is 6. The molecule has 112 valence electrons. The zero-order valence-corrected chi connectivity index (χ0v) is 11.8. The predicted octanol–water partition coefficient (Wildman–Crippen LogP) is 0.628. The summed E-state index contributed by atoms with van der Waals surface area (Å²) >= 11 is 0. The number of hydrogen-bond donors (Lipinski definition) is 2. The van der Waals surface area contributed by atoms with Gasteiger partial charge in [0.15, 0.2) is 0 Å². The maximum absolute atomic E-state index is 12.1. The van der Waals surface area contributed by atoms with Crippen molar-refractivity contribution < 1.29 is 19.1 Å². The summed E-state index contributed by atoms with van der Waals surface area (Å²) in [5, 5.41) is 5.23. The summed E-state index contributed by atoms with van der Waals surface area (Å²) in [6.07, 6.45) is 1.14. The molecule has 0 saturated heterocycles. The molecule has 2 rings (SSSR count). The number of hydrogen-bond acceptors (Lipinski definition) is 4. The van der Waals surface area contributed by atoms with E-state index >= 15 is 0 Å². The number of ether oxygens (including phenoxy) is 1. The van der Waals surface area contributed by atoms with Gasteiger partial charge in [-0.25, -0.2) is 0 Å². The van der Waals surface area contributed by atoms with E-state index in [1.165, 1.54) is 0 Å². The fourth-order valence-corrected chi connectivity index (χ4v) is 1.95. The first-order chi connectivity index (χ1) is 10.1. The minimum atomic E-state index is -0.889. The van der Waals surface area contributed by atoms with Crippen LogP contribution in [0.3, 0.4) is 0 Å². The van der Waals surface area contributed by atoms with Crippen LogP contribution in [0.4, 0.5) is 0 Å². The Hall–Kier alpha value is -2.37. The van der Waals surface area contributed by atoms with Gasteiger partial charge in [0, 0.05) is 5.56 Å². The Bertz CT molecular complexity index is 538. The van der Waals surface area contributed by atoms with Crippen LogP contribution in [0.2, 0.25) is 0 Å². The summed E-state index contributed by atoms with van der Waals surface area (Å²) < 4.78 is 4.73. The van der Waals surface area contributed by atoms with Gasteiger partial charge in [-0.15, -0.1) is 0 Å². The SMILES string of the molecule is CCOC(=O)CNC(=O)C1(NC(=O)c2ccccc2)CC1. The second-order valence-corrected chi connectivity index (χ2v) is 4.89. The van der Waals surface area contributed by atoms with E-state index in [1.54, 1.807) is 31.2 Å². The Balaban J connectivity index is 1.89. The molecule has 6 heteroatoms. The van der Waals surface area contributed by atoms with Gasteiger partial charge >= 0.3 is 5.97 Å².